The van der Waals surface area contributed by atoms with Gasteiger partial charge in [0.2, 0.25) is 0 Å². The summed E-state index contributed by atoms with van der Waals surface area (Å²) in [6.45, 7) is 4.07. The molecule has 5 nitrogen and oxygen atoms in total. The van der Waals surface area contributed by atoms with Crippen LogP contribution in [0.25, 0.3) is 11.3 Å². The maximum atomic E-state index is 5.45. The molecule has 4 rings (SSSR count). The Morgan fingerprint density at radius 2 is 1.58 bits per heavy atom. The van der Waals surface area contributed by atoms with Crippen molar-refractivity contribution in [2.45, 2.75) is 13.8 Å². The molecule has 3 aromatic carbocycles. The molecule has 0 saturated heterocycles. The molecule has 7 heteroatoms. The number of nitrogens with zero attached hydrogens (tertiary/aromatic N) is 3. The minimum Gasteiger partial charge on any atom is -0.332 e. The van der Waals surface area contributed by atoms with Crippen molar-refractivity contribution in [3.63, 3.8) is 0 Å². The third kappa shape index (κ3) is 5.39. The fraction of sp³-hybridized carbons (Fsp3) is 0.0833. The van der Waals surface area contributed by atoms with Crippen LogP contribution in [0.5, 0.6) is 0 Å². The molecule has 1 heterocycles. The fourth-order valence-corrected chi connectivity index (χ4v) is 4.02. The highest BCUT2D eigenvalue weighted by Gasteiger charge is 2.14. The first kappa shape index (κ1) is 20.8. The Labute approximate surface area is 190 Å². The summed E-state index contributed by atoms with van der Waals surface area (Å²) < 4.78 is 0. The number of benzene rings is 3. The van der Waals surface area contributed by atoms with Crippen LogP contribution in [-0.2, 0) is 0 Å². The van der Waals surface area contributed by atoms with Crippen LogP contribution in [-0.4, -0.2) is 10.1 Å². The van der Waals surface area contributed by atoms with E-state index in [2.05, 4.69) is 33.0 Å². The molecule has 0 spiro atoms. The normalized spacial score (nSPS) is 10.9. The second kappa shape index (κ2) is 9.59. The van der Waals surface area contributed by atoms with Gasteiger partial charge in [-0.3, -0.25) is 0 Å². The van der Waals surface area contributed by atoms with Crippen molar-refractivity contribution in [3.8, 4) is 11.3 Å². The molecule has 154 valence electrons. The minimum atomic E-state index is 0.470. The molecule has 0 unspecified atom stereocenters. The number of aromatic nitrogens is 1. The number of nitrogens with one attached hydrogen (secondary N) is 2. The monoisotopic (exact) mass is 443 g/mol. The first-order chi connectivity index (χ1) is 15.1. The lowest BCUT2D eigenvalue weighted by atomic mass is 10.1. The topological polar surface area (TPSA) is 61.7 Å². The van der Waals surface area contributed by atoms with E-state index >= 15 is 0 Å². The smallest absolute Gasteiger partial charge is 0.191 e. The molecule has 0 bridgehead atoms. The van der Waals surface area contributed by atoms with Gasteiger partial charge in [0, 0.05) is 11.3 Å². The van der Waals surface area contributed by atoms with Crippen molar-refractivity contribution in [1.82, 2.24) is 4.98 Å². The number of hydrogen-bond donors (Lipinski definition) is 2. The van der Waals surface area contributed by atoms with Crippen LogP contribution >= 0.6 is 23.6 Å². The van der Waals surface area contributed by atoms with Gasteiger partial charge in [-0.25, -0.2) is 4.98 Å². The molecule has 0 radical (unpaired) electrons. The van der Waals surface area contributed by atoms with Gasteiger partial charge in [-0.1, -0.05) is 72.0 Å². The van der Waals surface area contributed by atoms with Gasteiger partial charge in [0.15, 0.2) is 15.2 Å². The molecule has 0 saturated carbocycles. The summed E-state index contributed by atoms with van der Waals surface area (Å²) in [4.78, 5) is 4.74. The summed E-state index contributed by atoms with van der Waals surface area (Å²) in [5.41, 5.74) is 5.73. The third-order valence-electron chi connectivity index (χ3n) is 4.52. The highest BCUT2D eigenvalue weighted by atomic mass is 32.1. The van der Waals surface area contributed by atoms with Crippen LogP contribution in [0, 0.1) is 13.8 Å². The molecule has 2 N–H and O–H groups in total. The molecular weight excluding hydrogens is 422 g/mol. The van der Waals surface area contributed by atoms with Crippen LogP contribution in [0.4, 0.5) is 21.5 Å². The molecule has 0 atom stereocenters. The Hall–Kier alpha value is -3.42. The third-order valence-corrected chi connectivity index (χ3v) is 5.58. The first-order valence-corrected chi connectivity index (χ1v) is 11.0. The van der Waals surface area contributed by atoms with Gasteiger partial charge in [0.1, 0.15) is 5.69 Å². The SMILES string of the molecule is Cc1ccc(C)c(N=Nc2sc(NC(=S)Nc3ccccc3)nc2-c2ccccc2)c1. The summed E-state index contributed by atoms with van der Waals surface area (Å²) in [6.07, 6.45) is 0. The minimum absolute atomic E-state index is 0.470. The van der Waals surface area contributed by atoms with Gasteiger partial charge in [-0.2, -0.15) is 0 Å². The fourth-order valence-electron chi connectivity index (χ4n) is 2.92. The standard InChI is InChI=1S/C24H21N5S2/c1-16-13-14-17(2)20(15-16)28-29-22-21(18-9-5-3-6-10-18)26-24(31-22)27-23(30)25-19-11-7-4-8-12-19/h3-15H,1-2H3,(H2,25,26,27,30). The van der Waals surface area contributed by atoms with E-state index < -0.39 is 0 Å². The van der Waals surface area contributed by atoms with Gasteiger partial charge in [0.25, 0.3) is 0 Å². The number of para-hydroxylation sites is 1. The molecule has 0 aliphatic rings. The second-order valence-corrected chi connectivity index (χ2v) is 8.36. The Balaban J connectivity index is 1.62. The second-order valence-electron chi connectivity index (χ2n) is 6.97. The van der Waals surface area contributed by atoms with Gasteiger partial charge in [0.05, 0.1) is 5.69 Å². The van der Waals surface area contributed by atoms with E-state index in [1.807, 2.05) is 80.6 Å². The molecule has 0 aliphatic carbocycles. The number of rotatable bonds is 5. The molecule has 1 aromatic heterocycles. The van der Waals surface area contributed by atoms with Gasteiger partial charge >= 0.3 is 0 Å². The predicted octanol–water partition coefficient (Wildman–Crippen LogP) is 7.65. The Bertz CT molecular complexity index is 1220. The van der Waals surface area contributed by atoms with E-state index in [1.165, 1.54) is 11.3 Å². The van der Waals surface area contributed by atoms with Crippen molar-refractivity contribution < 1.29 is 0 Å². The zero-order chi connectivity index (χ0) is 21.6. The Kier molecular flexibility index (Phi) is 6.45. The average molecular weight is 444 g/mol. The lowest BCUT2D eigenvalue weighted by molar-refractivity contribution is 1.21. The summed E-state index contributed by atoms with van der Waals surface area (Å²) in [6, 6.07) is 25.9. The number of hydrogen-bond acceptors (Lipinski definition) is 5. The molecule has 0 fully saturated rings. The Morgan fingerprint density at radius 1 is 0.871 bits per heavy atom. The summed E-state index contributed by atoms with van der Waals surface area (Å²) >= 11 is 6.86. The van der Waals surface area contributed by atoms with Gasteiger partial charge < -0.3 is 10.6 Å². The van der Waals surface area contributed by atoms with E-state index in [1.54, 1.807) is 0 Å². The van der Waals surface area contributed by atoms with E-state index in [0.29, 0.717) is 10.2 Å². The van der Waals surface area contributed by atoms with Crippen molar-refractivity contribution >= 4 is 50.2 Å². The summed E-state index contributed by atoms with van der Waals surface area (Å²) in [5, 5.41) is 17.2. The van der Waals surface area contributed by atoms with Crippen LogP contribution in [0.1, 0.15) is 11.1 Å². The van der Waals surface area contributed by atoms with Gasteiger partial charge in [-0.15, -0.1) is 10.2 Å². The molecule has 31 heavy (non-hydrogen) atoms. The summed E-state index contributed by atoms with van der Waals surface area (Å²) in [7, 11) is 0. The zero-order valence-corrected chi connectivity index (χ0v) is 18.8. The molecular formula is C24H21N5S2. The maximum absolute atomic E-state index is 5.45. The lowest BCUT2D eigenvalue weighted by Gasteiger charge is -2.07. The van der Waals surface area contributed by atoms with E-state index in [0.717, 1.165) is 38.8 Å². The van der Waals surface area contributed by atoms with Crippen LogP contribution in [0.2, 0.25) is 0 Å². The van der Waals surface area contributed by atoms with Crippen molar-refractivity contribution in [1.29, 1.82) is 0 Å². The van der Waals surface area contributed by atoms with Crippen LogP contribution in [0.15, 0.2) is 89.1 Å². The number of azo groups is 1. The number of thiocarbonyl (C=S) groups is 1. The molecule has 4 aromatic rings. The predicted molar refractivity (Wildman–Crippen MR) is 134 cm³/mol. The van der Waals surface area contributed by atoms with E-state index in [-0.39, 0.29) is 0 Å². The van der Waals surface area contributed by atoms with Crippen LogP contribution < -0.4 is 10.6 Å². The molecule has 0 amide bonds. The zero-order valence-electron chi connectivity index (χ0n) is 17.2. The summed E-state index contributed by atoms with van der Waals surface area (Å²) in [5.74, 6) is 0. The van der Waals surface area contributed by atoms with Gasteiger partial charge in [-0.05, 0) is 55.4 Å². The quantitative estimate of drug-likeness (QED) is 0.246. The van der Waals surface area contributed by atoms with E-state index in [4.69, 9.17) is 17.2 Å². The average Bonchev–Trinajstić information content (AvgIpc) is 3.18. The maximum Gasteiger partial charge on any atom is 0.191 e. The highest BCUT2D eigenvalue weighted by Crippen LogP contribution is 2.39. The number of thiazole rings is 1. The lowest BCUT2D eigenvalue weighted by Crippen LogP contribution is -2.18. The van der Waals surface area contributed by atoms with E-state index in [9.17, 15) is 0 Å². The first-order valence-electron chi connectivity index (χ1n) is 9.77. The largest absolute Gasteiger partial charge is 0.332 e. The van der Waals surface area contributed by atoms with Crippen LogP contribution in [0.3, 0.4) is 0 Å². The van der Waals surface area contributed by atoms with Crippen molar-refractivity contribution in [3.05, 3.63) is 90.0 Å². The Morgan fingerprint density at radius 3 is 2.32 bits per heavy atom. The number of aryl methyl sites for hydroxylation is 2. The van der Waals surface area contributed by atoms with Crippen molar-refractivity contribution in [2.75, 3.05) is 10.6 Å². The highest BCUT2D eigenvalue weighted by molar-refractivity contribution is 7.80. The van der Waals surface area contributed by atoms with Crippen molar-refractivity contribution in [2.24, 2.45) is 10.2 Å². The number of anilines is 2. The molecule has 0 aliphatic heterocycles.